The summed E-state index contributed by atoms with van der Waals surface area (Å²) in [6.45, 7) is 4.29. The van der Waals surface area contributed by atoms with Gasteiger partial charge < -0.3 is 14.6 Å². The molecule has 8 heteroatoms. The summed E-state index contributed by atoms with van der Waals surface area (Å²) in [6, 6.07) is 15.7. The zero-order chi connectivity index (χ0) is 22.1. The van der Waals surface area contributed by atoms with Crippen LogP contribution < -0.4 is 15.2 Å². The van der Waals surface area contributed by atoms with Gasteiger partial charge in [0.05, 0.1) is 19.0 Å². The van der Waals surface area contributed by atoms with Gasteiger partial charge in [-0.1, -0.05) is 29.8 Å². The lowest BCUT2D eigenvalue weighted by Gasteiger charge is -2.35. The number of thiophene rings is 1. The number of hydrogen-bond donors (Lipinski definition) is 1. The first kappa shape index (κ1) is 21.0. The van der Waals surface area contributed by atoms with Crippen molar-refractivity contribution in [2.24, 2.45) is 0 Å². The number of rotatable bonds is 5. The number of methoxy groups -OCH3 is 1. The van der Waals surface area contributed by atoms with Crippen LogP contribution >= 0.6 is 22.9 Å². The molecule has 1 N–H and O–H groups in total. The molecule has 164 valence electrons. The van der Waals surface area contributed by atoms with Gasteiger partial charge in [0.15, 0.2) is 0 Å². The number of halogens is 1. The van der Waals surface area contributed by atoms with Crippen LogP contribution in [0.15, 0.2) is 58.7 Å². The topological polar surface area (TPSA) is 61.5 Å². The molecule has 2 aromatic heterocycles. The van der Waals surface area contributed by atoms with E-state index in [-0.39, 0.29) is 5.56 Å². The zero-order valence-corrected chi connectivity index (χ0v) is 19.2. The fraction of sp³-hybridized carbons (Fsp3) is 0.250. The van der Waals surface area contributed by atoms with E-state index >= 15 is 0 Å². The van der Waals surface area contributed by atoms with Gasteiger partial charge in [-0.3, -0.25) is 9.69 Å². The second kappa shape index (κ2) is 8.94. The number of fused-ring (bicyclic) bond motifs is 1. The summed E-state index contributed by atoms with van der Waals surface area (Å²) in [6.07, 6.45) is 0. The molecule has 3 heterocycles. The highest BCUT2D eigenvalue weighted by Crippen LogP contribution is 2.34. The van der Waals surface area contributed by atoms with Crippen LogP contribution in [0.5, 0.6) is 5.75 Å². The van der Waals surface area contributed by atoms with E-state index in [9.17, 15) is 4.79 Å². The summed E-state index contributed by atoms with van der Waals surface area (Å²) in [5.74, 6) is 1.57. The normalized spacial score (nSPS) is 14.8. The first-order valence-corrected chi connectivity index (χ1v) is 11.7. The van der Waals surface area contributed by atoms with Crippen molar-refractivity contribution in [1.82, 2.24) is 14.9 Å². The molecule has 0 spiro atoms. The molecule has 0 radical (unpaired) electrons. The molecule has 0 aliphatic carbocycles. The Bertz CT molecular complexity index is 1290. The van der Waals surface area contributed by atoms with E-state index in [2.05, 4.69) is 26.9 Å². The van der Waals surface area contributed by atoms with Crippen molar-refractivity contribution < 1.29 is 4.74 Å². The van der Waals surface area contributed by atoms with Crippen LogP contribution in [0.4, 0.5) is 5.69 Å². The van der Waals surface area contributed by atoms with Crippen LogP contribution in [-0.2, 0) is 6.54 Å². The number of benzene rings is 2. The standard InChI is InChI=1S/C24H23ClN4O2S/c1-31-17-8-6-16(7-9-17)29-12-10-28(11-13-29)14-21-26-23(30)22-19(15-32-24(22)27-21)18-4-2-3-5-20(18)25/h2-9,15H,10-14H2,1H3,(H,26,27,30). The maximum absolute atomic E-state index is 12.9. The molecule has 4 aromatic rings. The van der Waals surface area contributed by atoms with Crippen molar-refractivity contribution in [3.8, 4) is 16.9 Å². The maximum atomic E-state index is 12.9. The van der Waals surface area contributed by atoms with Gasteiger partial charge in [0.25, 0.3) is 5.56 Å². The Hall–Kier alpha value is -2.87. The van der Waals surface area contributed by atoms with Crippen molar-refractivity contribution in [3.05, 3.63) is 75.1 Å². The fourth-order valence-electron chi connectivity index (χ4n) is 4.12. The smallest absolute Gasteiger partial charge is 0.260 e. The molecule has 2 aromatic carbocycles. The van der Waals surface area contributed by atoms with Crippen LogP contribution in [-0.4, -0.2) is 48.2 Å². The third-order valence-corrected chi connectivity index (χ3v) is 7.04. The molecule has 6 nitrogen and oxygen atoms in total. The quantitative estimate of drug-likeness (QED) is 0.464. The van der Waals surface area contributed by atoms with Crippen LogP contribution in [0.25, 0.3) is 21.3 Å². The molecule has 1 aliphatic rings. The van der Waals surface area contributed by atoms with Crippen molar-refractivity contribution in [1.29, 1.82) is 0 Å². The second-order valence-corrected chi connectivity index (χ2v) is 9.05. The summed E-state index contributed by atoms with van der Waals surface area (Å²) < 4.78 is 5.24. The minimum Gasteiger partial charge on any atom is -0.497 e. The molecule has 0 bridgehead atoms. The minimum absolute atomic E-state index is 0.113. The number of ether oxygens (including phenoxy) is 1. The predicted octanol–water partition coefficient (Wildman–Crippen LogP) is 4.64. The van der Waals surface area contributed by atoms with Crippen LogP contribution in [0, 0.1) is 0 Å². The van der Waals surface area contributed by atoms with Gasteiger partial charge >= 0.3 is 0 Å². The summed E-state index contributed by atoms with van der Waals surface area (Å²) >= 11 is 7.84. The predicted molar refractivity (Wildman–Crippen MR) is 131 cm³/mol. The average Bonchev–Trinajstić information content (AvgIpc) is 3.24. The number of nitrogens with one attached hydrogen (secondary N) is 1. The monoisotopic (exact) mass is 466 g/mol. The van der Waals surface area contributed by atoms with Crippen LogP contribution in [0.3, 0.4) is 0 Å². The lowest BCUT2D eigenvalue weighted by Crippen LogP contribution is -2.46. The lowest BCUT2D eigenvalue weighted by atomic mass is 10.1. The molecule has 0 atom stereocenters. The van der Waals surface area contributed by atoms with E-state index in [0.29, 0.717) is 22.8 Å². The van der Waals surface area contributed by atoms with E-state index in [4.69, 9.17) is 21.3 Å². The number of aromatic nitrogens is 2. The lowest BCUT2D eigenvalue weighted by molar-refractivity contribution is 0.244. The molecule has 0 saturated carbocycles. The van der Waals surface area contributed by atoms with Gasteiger partial charge in [-0.25, -0.2) is 4.98 Å². The SMILES string of the molecule is COc1ccc(N2CCN(Cc3nc4scc(-c5ccccc5Cl)c4c(=O)[nH]3)CC2)cc1. The molecule has 32 heavy (non-hydrogen) atoms. The third kappa shape index (κ3) is 4.11. The van der Waals surface area contributed by atoms with E-state index < -0.39 is 0 Å². The number of nitrogens with zero attached hydrogens (tertiary/aromatic N) is 3. The number of aromatic amines is 1. The number of piperazine rings is 1. The summed E-state index contributed by atoms with van der Waals surface area (Å²) in [5.41, 5.74) is 2.78. The molecule has 0 amide bonds. The average molecular weight is 467 g/mol. The molecule has 1 saturated heterocycles. The van der Waals surface area contributed by atoms with Crippen molar-refractivity contribution in [2.45, 2.75) is 6.54 Å². The highest BCUT2D eigenvalue weighted by atomic mass is 35.5. The number of anilines is 1. The van der Waals surface area contributed by atoms with Gasteiger partial charge in [0.1, 0.15) is 16.4 Å². The van der Waals surface area contributed by atoms with E-state index in [1.54, 1.807) is 7.11 Å². The van der Waals surface area contributed by atoms with E-state index in [0.717, 1.165) is 47.9 Å². The van der Waals surface area contributed by atoms with Gasteiger partial charge in [-0.05, 0) is 30.3 Å². The van der Waals surface area contributed by atoms with Crippen molar-refractivity contribution >= 4 is 38.8 Å². The summed E-state index contributed by atoms with van der Waals surface area (Å²) in [5, 5.41) is 3.20. The molecule has 1 aliphatic heterocycles. The third-order valence-electron chi connectivity index (χ3n) is 5.84. The second-order valence-electron chi connectivity index (χ2n) is 7.78. The summed E-state index contributed by atoms with van der Waals surface area (Å²) in [7, 11) is 1.68. The maximum Gasteiger partial charge on any atom is 0.260 e. The highest BCUT2D eigenvalue weighted by molar-refractivity contribution is 7.17. The van der Waals surface area contributed by atoms with Gasteiger partial charge in [-0.15, -0.1) is 11.3 Å². The van der Waals surface area contributed by atoms with E-state index in [1.807, 2.05) is 41.8 Å². The first-order valence-electron chi connectivity index (χ1n) is 10.5. The Morgan fingerprint density at radius 2 is 1.81 bits per heavy atom. The molecular weight excluding hydrogens is 444 g/mol. The molecule has 5 rings (SSSR count). The Labute approximate surface area is 195 Å². The molecule has 0 unspecified atom stereocenters. The highest BCUT2D eigenvalue weighted by Gasteiger charge is 2.20. The van der Waals surface area contributed by atoms with Crippen LogP contribution in [0.2, 0.25) is 5.02 Å². The van der Waals surface area contributed by atoms with Gasteiger partial charge in [0.2, 0.25) is 0 Å². The Morgan fingerprint density at radius 1 is 1.06 bits per heavy atom. The summed E-state index contributed by atoms with van der Waals surface area (Å²) in [4.78, 5) is 26.1. The number of H-pyrrole nitrogens is 1. The van der Waals surface area contributed by atoms with Gasteiger partial charge in [0, 0.05) is 53.4 Å². The number of hydrogen-bond acceptors (Lipinski definition) is 6. The van der Waals surface area contributed by atoms with Crippen LogP contribution in [0.1, 0.15) is 5.82 Å². The molecular formula is C24H23ClN4O2S. The fourth-order valence-corrected chi connectivity index (χ4v) is 5.31. The molecule has 1 fully saturated rings. The zero-order valence-electron chi connectivity index (χ0n) is 17.7. The first-order chi connectivity index (χ1) is 15.6. The minimum atomic E-state index is -0.113. The Balaban J connectivity index is 1.30. The van der Waals surface area contributed by atoms with Crippen molar-refractivity contribution in [3.63, 3.8) is 0 Å². The van der Waals surface area contributed by atoms with Gasteiger partial charge in [-0.2, -0.15) is 0 Å². The largest absolute Gasteiger partial charge is 0.497 e. The Kier molecular flexibility index (Phi) is 5.87. The van der Waals surface area contributed by atoms with E-state index in [1.165, 1.54) is 17.0 Å². The Morgan fingerprint density at radius 3 is 2.53 bits per heavy atom. The van der Waals surface area contributed by atoms with Crippen molar-refractivity contribution in [2.75, 3.05) is 38.2 Å².